The fourth-order valence-electron chi connectivity index (χ4n) is 2.18. The van der Waals surface area contributed by atoms with Crippen LogP contribution in [0.15, 0.2) is 36.1 Å². The van der Waals surface area contributed by atoms with E-state index in [0.29, 0.717) is 16.7 Å². The van der Waals surface area contributed by atoms with Crippen LogP contribution in [0.2, 0.25) is 10.0 Å². The average Bonchev–Trinajstić information content (AvgIpc) is 2.44. The normalized spacial score (nSPS) is 14.9. The van der Waals surface area contributed by atoms with Gasteiger partial charge in [0, 0.05) is 34.1 Å². The van der Waals surface area contributed by atoms with Gasteiger partial charge in [-0.3, -0.25) is 0 Å². The first-order valence-electron chi connectivity index (χ1n) is 7.05. The van der Waals surface area contributed by atoms with Gasteiger partial charge in [0.25, 0.3) is 0 Å². The minimum Gasteiger partial charge on any atom is -0.497 e. The molecule has 2 nitrogen and oxygen atoms in total. The van der Waals surface area contributed by atoms with Gasteiger partial charge in [-0.2, -0.15) is 0 Å². The van der Waals surface area contributed by atoms with E-state index >= 15 is 0 Å². The molecule has 0 amide bonds. The molecule has 0 unspecified atom stereocenters. The Balaban J connectivity index is 2.14. The van der Waals surface area contributed by atoms with E-state index in [1.807, 2.05) is 12.1 Å². The minimum absolute atomic E-state index is 0.640. The number of nitrogens with zero attached hydrogens (tertiary/aromatic N) is 1. The van der Waals surface area contributed by atoms with Gasteiger partial charge < -0.3 is 9.64 Å². The fourth-order valence-corrected chi connectivity index (χ4v) is 2.69. The van der Waals surface area contributed by atoms with Gasteiger partial charge in [0.15, 0.2) is 0 Å². The van der Waals surface area contributed by atoms with Crippen molar-refractivity contribution < 1.29 is 4.74 Å². The summed E-state index contributed by atoms with van der Waals surface area (Å²) in [5.41, 5.74) is 1.98. The Kier molecular flexibility index (Phi) is 6.16. The number of halogens is 2. The van der Waals surface area contributed by atoms with Crippen molar-refractivity contribution in [2.24, 2.45) is 0 Å². The van der Waals surface area contributed by atoms with E-state index in [4.69, 9.17) is 27.9 Å². The molecule has 0 fully saturated rings. The van der Waals surface area contributed by atoms with Gasteiger partial charge in [-0.15, -0.1) is 0 Å². The van der Waals surface area contributed by atoms with Gasteiger partial charge in [-0.1, -0.05) is 41.4 Å². The van der Waals surface area contributed by atoms with Crippen molar-refractivity contribution in [2.45, 2.75) is 12.8 Å². The van der Waals surface area contributed by atoms with Crippen LogP contribution in [-0.4, -0.2) is 32.1 Å². The molecule has 0 bridgehead atoms. The lowest BCUT2D eigenvalue weighted by atomic mass is 9.98. The van der Waals surface area contributed by atoms with Gasteiger partial charge in [-0.25, -0.2) is 0 Å². The van der Waals surface area contributed by atoms with E-state index in [1.165, 1.54) is 0 Å². The monoisotopic (exact) mass is 324 g/mol. The van der Waals surface area contributed by atoms with E-state index < -0.39 is 0 Å². The second kappa shape index (κ2) is 7.88. The van der Waals surface area contributed by atoms with Crippen molar-refractivity contribution in [2.75, 3.05) is 27.2 Å². The van der Waals surface area contributed by atoms with Crippen LogP contribution in [0, 0.1) is 6.42 Å². The summed E-state index contributed by atoms with van der Waals surface area (Å²) in [5.74, 6) is 0.903. The zero-order chi connectivity index (χ0) is 15.2. The van der Waals surface area contributed by atoms with E-state index in [9.17, 15) is 0 Å². The van der Waals surface area contributed by atoms with E-state index in [0.717, 1.165) is 36.3 Å². The molecule has 21 heavy (non-hydrogen) atoms. The molecule has 0 heterocycles. The molecule has 0 saturated carbocycles. The number of benzene rings is 1. The molecule has 1 radical (unpaired) electrons. The van der Waals surface area contributed by atoms with Crippen LogP contribution in [0.4, 0.5) is 0 Å². The number of hydrogen-bond acceptors (Lipinski definition) is 2. The lowest BCUT2D eigenvalue weighted by molar-refractivity contribution is 0.202. The molecular formula is C17H20Cl2NO. The molecule has 0 N–H and O–H groups in total. The van der Waals surface area contributed by atoms with E-state index in [-0.39, 0.29) is 0 Å². The second-order valence-corrected chi connectivity index (χ2v) is 6.09. The van der Waals surface area contributed by atoms with Crippen LogP contribution in [0.5, 0.6) is 0 Å². The van der Waals surface area contributed by atoms with Gasteiger partial charge >= 0.3 is 0 Å². The second-order valence-electron chi connectivity index (χ2n) is 5.25. The summed E-state index contributed by atoms with van der Waals surface area (Å²) in [6, 6.07) is 5.55. The standard InChI is InChI=1S/C17H20Cl2NO/c1-20(2)10-5-11-21-17-7-4-3-6-15(17)14-9-8-13(18)12-16(14)19/h3,6-9,12H,4-5,10-11H2,1-2H3. The SMILES string of the molecule is CN(C)CCCOC1=C(c2ccc(Cl)cc2Cl)C=CC[CH]1. The Hall–Kier alpha value is -0.960. The molecule has 2 rings (SSSR count). The van der Waals surface area contributed by atoms with Crippen LogP contribution in [0.25, 0.3) is 5.57 Å². The third-order valence-corrected chi connectivity index (χ3v) is 3.77. The Morgan fingerprint density at radius 3 is 2.76 bits per heavy atom. The Bertz CT molecular complexity index is 550. The summed E-state index contributed by atoms with van der Waals surface area (Å²) in [4.78, 5) is 2.15. The minimum atomic E-state index is 0.640. The summed E-state index contributed by atoms with van der Waals surface area (Å²) in [7, 11) is 4.13. The molecule has 4 heteroatoms. The molecule has 0 aliphatic heterocycles. The van der Waals surface area contributed by atoms with Crippen LogP contribution in [0.1, 0.15) is 18.4 Å². The van der Waals surface area contributed by atoms with E-state index in [1.54, 1.807) is 6.07 Å². The molecule has 0 atom stereocenters. The topological polar surface area (TPSA) is 12.5 Å². The highest BCUT2D eigenvalue weighted by Gasteiger charge is 2.15. The zero-order valence-corrected chi connectivity index (χ0v) is 13.9. The molecule has 113 valence electrons. The number of rotatable bonds is 6. The first-order chi connectivity index (χ1) is 10.1. The molecule has 1 aliphatic carbocycles. The molecule has 1 aromatic carbocycles. The summed E-state index contributed by atoms with van der Waals surface area (Å²) in [5, 5.41) is 1.29. The van der Waals surface area contributed by atoms with Crippen molar-refractivity contribution in [3.8, 4) is 0 Å². The zero-order valence-electron chi connectivity index (χ0n) is 12.4. The van der Waals surface area contributed by atoms with Crippen molar-refractivity contribution in [3.05, 3.63) is 58.1 Å². The predicted molar refractivity (Wildman–Crippen MR) is 90.6 cm³/mol. The maximum atomic E-state index is 6.30. The summed E-state index contributed by atoms with van der Waals surface area (Å²) < 4.78 is 5.94. The third kappa shape index (κ3) is 4.77. The Morgan fingerprint density at radius 2 is 2.05 bits per heavy atom. The van der Waals surface area contributed by atoms with Crippen molar-refractivity contribution in [1.82, 2.24) is 4.90 Å². The van der Waals surface area contributed by atoms with Gasteiger partial charge in [0.2, 0.25) is 0 Å². The first-order valence-corrected chi connectivity index (χ1v) is 7.80. The third-order valence-electron chi connectivity index (χ3n) is 3.22. The first kappa shape index (κ1) is 16.4. The van der Waals surface area contributed by atoms with Crippen molar-refractivity contribution in [3.63, 3.8) is 0 Å². The number of hydrogen-bond donors (Lipinski definition) is 0. The largest absolute Gasteiger partial charge is 0.497 e. The smallest absolute Gasteiger partial charge is 0.108 e. The van der Waals surface area contributed by atoms with Crippen LogP contribution in [-0.2, 0) is 4.74 Å². The summed E-state index contributed by atoms with van der Waals surface area (Å²) >= 11 is 12.3. The number of allylic oxidation sites excluding steroid dienone is 4. The Labute approximate surface area is 137 Å². The summed E-state index contributed by atoms with van der Waals surface area (Å²) in [6.07, 6.45) is 8.15. The molecule has 1 aromatic rings. The Morgan fingerprint density at radius 1 is 1.24 bits per heavy atom. The maximum absolute atomic E-state index is 6.30. The van der Waals surface area contributed by atoms with Gasteiger partial charge in [0.05, 0.1) is 6.61 Å². The maximum Gasteiger partial charge on any atom is 0.108 e. The summed E-state index contributed by atoms with van der Waals surface area (Å²) in [6.45, 7) is 1.71. The fraction of sp³-hybridized carbons (Fsp3) is 0.353. The lowest BCUT2D eigenvalue weighted by Crippen LogP contribution is -2.15. The highest BCUT2D eigenvalue weighted by molar-refractivity contribution is 6.35. The predicted octanol–water partition coefficient (Wildman–Crippen LogP) is 4.84. The van der Waals surface area contributed by atoms with Crippen LogP contribution < -0.4 is 0 Å². The van der Waals surface area contributed by atoms with Crippen LogP contribution >= 0.6 is 23.2 Å². The van der Waals surface area contributed by atoms with Crippen LogP contribution in [0.3, 0.4) is 0 Å². The highest BCUT2D eigenvalue weighted by Crippen LogP contribution is 2.33. The van der Waals surface area contributed by atoms with Crippen molar-refractivity contribution in [1.29, 1.82) is 0 Å². The molecular weight excluding hydrogens is 305 g/mol. The quantitative estimate of drug-likeness (QED) is 0.694. The van der Waals surface area contributed by atoms with E-state index in [2.05, 4.69) is 37.6 Å². The average molecular weight is 325 g/mol. The molecule has 0 spiro atoms. The van der Waals surface area contributed by atoms with Crippen molar-refractivity contribution >= 4 is 28.8 Å². The molecule has 1 aliphatic rings. The molecule has 0 saturated heterocycles. The van der Waals surface area contributed by atoms with Gasteiger partial charge in [-0.05, 0) is 39.1 Å². The highest BCUT2D eigenvalue weighted by atomic mass is 35.5. The van der Waals surface area contributed by atoms with Gasteiger partial charge in [0.1, 0.15) is 5.76 Å². The lowest BCUT2D eigenvalue weighted by Gasteiger charge is -2.18. The number of ether oxygens (including phenoxy) is 1. The molecule has 0 aromatic heterocycles.